The molecular weight excluding hydrogens is 310 g/mol. The third-order valence-corrected chi connectivity index (χ3v) is 3.98. The smallest absolute Gasteiger partial charge is 0.255 e. The molecule has 1 aromatic carbocycles. The number of halogens is 1. The lowest BCUT2D eigenvalue weighted by molar-refractivity contribution is 0.0950. The average molecular weight is 330 g/mol. The standard InChI is InChI=1S/C14H20BrNO3/c1-10(9-15)4-3-7-16-14(18)12-6-5-11(19-2)8-13(12)17/h5-6,8,10,17H,3-4,7,9H2,1-2H3,(H,16,18). The van der Waals surface area contributed by atoms with Crippen LogP contribution in [0, 0.1) is 5.92 Å². The lowest BCUT2D eigenvalue weighted by Gasteiger charge is -2.09. The molecule has 106 valence electrons. The molecule has 0 aliphatic carbocycles. The van der Waals surface area contributed by atoms with Gasteiger partial charge in [-0.05, 0) is 30.9 Å². The van der Waals surface area contributed by atoms with Gasteiger partial charge in [0.2, 0.25) is 0 Å². The third kappa shape index (κ3) is 5.11. The Labute approximate surface area is 122 Å². The van der Waals surface area contributed by atoms with E-state index in [4.69, 9.17) is 4.74 Å². The summed E-state index contributed by atoms with van der Waals surface area (Å²) in [5.41, 5.74) is 0.273. The molecule has 1 atom stereocenters. The number of carbonyl (C=O) groups excluding carboxylic acids is 1. The quantitative estimate of drug-likeness (QED) is 0.597. The van der Waals surface area contributed by atoms with Crippen LogP contribution in [0.5, 0.6) is 11.5 Å². The zero-order valence-electron chi connectivity index (χ0n) is 11.3. The summed E-state index contributed by atoms with van der Waals surface area (Å²) >= 11 is 3.42. The zero-order valence-corrected chi connectivity index (χ0v) is 12.9. The van der Waals surface area contributed by atoms with Crippen LogP contribution >= 0.6 is 15.9 Å². The van der Waals surface area contributed by atoms with Gasteiger partial charge in [0, 0.05) is 17.9 Å². The SMILES string of the molecule is COc1ccc(C(=O)NCCCC(C)CBr)c(O)c1. The van der Waals surface area contributed by atoms with Crippen LogP contribution in [0.3, 0.4) is 0 Å². The van der Waals surface area contributed by atoms with Crippen molar-refractivity contribution in [3.8, 4) is 11.5 Å². The van der Waals surface area contributed by atoms with Crippen molar-refractivity contribution in [3.63, 3.8) is 0 Å². The molecule has 19 heavy (non-hydrogen) atoms. The molecular formula is C14H20BrNO3. The predicted molar refractivity (Wildman–Crippen MR) is 79.2 cm³/mol. The zero-order chi connectivity index (χ0) is 14.3. The highest BCUT2D eigenvalue weighted by atomic mass is 79.9. The summed E-state index contributed by atoms with van der Waals surface area (Å²) in [6.07, 6.45) is 1.98. The number of amides is 1. The van der Waals surface area contributed by atoms with Crippen molar-refractivity contribution in [2.24, 2.45) is 5.92 Å². The van der Waals surface area contributed by atoms with Gasteiger partial charge >= 0.3 is 0 Å². The second-order valence-corrected chi connectivity index (χ2v) is 5.19. The topological polar surface area (TPSA) is 58.6 Å². The molecule has 0 heterocycles. The summed E-state index contributed by atoms with van der Waals surface area (Å²) in [4.78, 5) is 11.9. The van der Waals surface area contributed by atoms with Gasteiger partial charge in [-0.15, -0.1) is 0 Å². The van der Waals surface area contributed by atoms with Gasteiger partial charge in [-0.25, -0.2) is 0 Å². The second-order valence-electron chi connectivity index (χ2n) is 4.54. The van der Waals surface area contributed by atoms with E-state index < -0.39 is 0 Å². The van der Waals surface area contributed by atoms with Crippen LogP contribution in [0.1, 0.15) is 30.1 Å². The van der Waals surface area contributed by atoms with E-state index in [1.54, 1.807) is 12.1 Å². The fourth-order valence-electron chi connectivity index (χ4n) is 1.66. The first kappa shape index (κ1) is 15.8. The number of carbonyl (C=O) groups is 1. The molecule has 1 aromatic rings. The van der Waals surface area contributed by atoms with E-state index in [2.05, 4.69) is 28.2 Å². The van der Waals surface area contributed by atoms with Gasteiger partial charge in [0.1, 0.15) is 11.5 Å². The number of phenols is 1. The van der Waals surface area contributed by atoms with Gasteiger partial charge in [0.05, 0.1) is 12.7 Å². The molecule has 0 bridgehead atoms. The summed E-state index contributed by atoms with van der Waals surface area (Å²) in [7, 11) is 1.51. The molecule has 0 fully saturated rings. The van der Waals surface area contributed by atoms with Crippen molar-refractivity contribution in [1.29, 1.82) is 0 Å². The number of rotatable bonds is 7. The minimum absolute atomic E-state index is 0.0642. The summed E-state index contributed by atoms with van der Waals surface area (Å²) in [5.74, 6) is 0.809. The molecule has 5 heteroatoms. The average Bonchev–Trinajstić information content (AvgIpc) is 2.42. The number of benzene rings is 1. The Bertz CT molecular complexity index is 423. The fraction of sp³-hybridized carbons (Fsp3) is 0.500. The summed E-state index contributed by atoms with van der Waals surface area (Å²) < 4.78 is 4.97. The van der Waals surface area contributed by atoms with Crippen LogP contribution in [0.4, 0.5) is 0 Å². The summed E-state index contributed by atoms with van der Waals surface area (Å²) in [6, 6.07) is 4.65. The highest BCUT2D eigenvalue weighted by Gasteiger charge is 2.11. The van der Waals surface area contributed by atoms with Crippen LogP contribution in [0.25, 0.3) is 0 Å². The summed E-state index contributed by atoms with van der Waals surface area (Å²) in [6.45, 7) is 2.77. The molecule has 0 aliphatic rings. The Morgan fingerprint density at radius 3 is 2.84 bits per heavy atom. The van der Waals surface area contributed by atoms with Gasteiger partial charge in [-0.2, -0.15) is 0 Å². The maximum Gasteiger partial charge on any atom is 0.255 e. The molecule has 0 aliphatic heterocycles. The Balaban J connectivity index is 2.45. The first-order chi connectivity index (χ1) is 9.08. The normalized spacial score (nSPS) is 11.9. The molecule has 0 spiro atoms. The van der Waals surface area contributed by atoms with Crippen LogP contribution in [-0.2, 0) is 0 Å². The van der Waals surface area contributed by atoms with Gasteiger partial charge in [-0.3, -0.25) is 4.79 Å². The second kappa shape index (κ2) is 8.04. The third-order valence-electron chi connectivity index (χ3n) is 2.87. The largest absolute Gasteiger partial charge is 0.507 e. The Morgan fingerprint density at radius 1 is 1.53 bits per heavy atom. The van der Waals surface area contributed by atoms with E-state index in [1.807, 2.05) is 0 Å². The van der Waals surface area contributed by atoms with Gasteiger partial charge in [0.15, 0.2) is 0 Å². The lowest BCUT2D eigenvalue weighted by Crippen LogP contribution is -2.24. The van der Waals surface area contributed by atoms with E-state index in [-0.39, 0.29) is 17.2 Å². The van der Waals surface area contributed by atoms with Crippen molar-refractivity contribution >= 4 is 21.8 Å². The number of ether oxygens (including phenoxy) is 1. The number of alkyl halides is 1. The number of hydrogen-bond acceptors (Lipinski definition) is 3. The Kier molecular flexibility index (Phi) is 6.70. The minimum atomic E-state index is -0.258. The van der Waals surface area contributed by atoms with E-state index in [1.165, 1.54) is 13.2 Å². The Hall–Kier alpha value is -1.23. The first-order valence-electron chi connectivity index (χ1n) is 6.29. The predicted octanol–water partition coefficient (Wildman–Crippen LogP) is 2.94. The van der Waals surface area contributed by atoms with Crippen LogP contribution in [0.2, 0.25) is 0 Å². The van der Waals surface area contributed by atoms with Crippen LogP contribution in [-0.4, -0.2) is 30.0 Å². The van der Waals surface area contributed by atoms with Crippen LogP contribution < -0.4 is 10.1 Å². The molecule has 0 radical (unpaired) electrons. The van der Waals surface area contributed by atoms with E-state index in [0.29, 0.717) is 18.2 Å². The van der Waals surface area contributed by atoms with Gasteiger partial charge in [-0.1, -0.05) is 22.9 Å². The molecule has 0 aromatic heterocycles. The minimum Gasteiger partial charge on any atom is -0.507 e. The molecule has 0 saturated heterocycles. The lowest BCUT2D eigenvalue weighted by atomic mass is 10.1. The van der Waals surface area contributed by atoms with Crippen molar-refractivity contribution in [2.45, 2.75) is 19.8 Å². The molecule has 4 nitrogen and oxygen atoms in total. The van der Waals surface area contributed by atoms with E-state index >= 15 is 0 Å². The Morgan fingerprint density at radius 2 is 2.26 bits per heavy atom. The molecule has 0 saturated carbocycles. The maximum absolute atomic E-state index is 11.9. The number of methoxy groups -OCH3 is 1. The summed E-state index contributed by atoms with van der Waals surface area (Å²) in [5, 5.41) is 13.5. The van der Waals surface area contributed by atoms with Crippen molar-refractivity contribution < 1.29 is 14.6 Å². The maximum atomic E-state index is 11.9. The molecule has 1 amide bonds. The van der Waals surface area contributed by atoms with Crippen molar-refractivity contribution in [1.82, 2.24) is 5.32 Å². The molecule has 1 unspecified atom stereocenters. The number of phenolic OH excluding ortho intramolecular Hbond substituents is 1. The van der Waals surface area contributed by atoms with Crippen molar-refractivity contribution in [2.75, 3.05) is 19.0 Å². The van der Waals surface area contributed by atoms with Gasteiger partial charge in [0.25, 0.3) is 5.91 Å². The highest BCUT2D eigenvalue weighted by Crippen LogP contribution is 2.23. The number of hydrogen-bond donors (Lipinski definition) is 2. The first-order valence-corrected chi connectivity index (χ1v) is 7.41. The van der Waals surface area contributed by atoms with Gasteiger partial charge < -0.3 is 15.2 Å². The molecule has 2 N–H and O–H groups in total. The number of aromatic hydroxyl groups is 1. The van der Waals surface area contributed by atoms with E-state index in [9.17, 15) is 9.90 Å². The number of nitrogens with one attached hydrogen (secondary N) is 1. The fourth-order valence-corrected chi connectivity index (χ4v) is 1.98. The van der Waals surface area contributed by atoms with E-state index in [0.717, 1.165) is 18.2 Å². The molecule has 1 rings (SSSR count). The van der Waals surface area contributed by atoms with Crippen LogP contribution in [0.15, 0.2) is 18.2 Å². The monoisotopic (exact) mass is 329 g/mol. The van der Waals surface area contributed by atoms with Crippen molar-refractivity contribution in [3.05, 3.63) is 23.8 Å². The highest BCUT2D eigenvalue weighted by molar-refractivity contribution is 9.09.